The van der Waals surface area contributed by atoms with Crippen molar-refractivity contribution in [2.75, 3.05) is 32.0 Å². The zero-order valence-electron chi connectivity index (χ0n) is 11.2. The lowest BCUT2D eigenvalue weighted by molar-refractivity contribution is -0.120. The Morgan fingerprint density at radius 2 is 2.15 bits per heavy atom. The third kappa shape index (κ3) is 3.82. The summed E-state index contributed by atoms with van der Waals surface area (Å²) >= 11 is 5.95. The summed E-state index contributed by atoms with van der Waals surface area (Å²) in [7, 11) is 1.74. The van der Waals surface area contributed by atoms with Crippen LogP contribution in [0.15, 0.2) is 30.5 Å². The van der Waals surface area contributed by atoms with E-state index in [2.05, 4.69) is 20.9 Å². The van der Waals surface area contributed by atoms with Gasteiger partial charge in [0.2, 0.25) is 5.91 Å². The summed E-state index contributed by atoms with van der Waals surface area (Å²) in [6.45, 7) is 1.55. The first-order chi connectivity index (χ1) is 9.70. The summed E-state index contributed by atoms with van der Waals surface area (Å²) in [6, 6.07) is 7.51. The van der Waals surface area contributed by atoms with Gasteiger partial charge in [-0.15, -0.1) is 0 Å². The highest BCUT2D eigenvalue weighted by Gasteiger charge is 2.02. The van der Waals surface area contributed by atoms with Crippen molar-refractivity contribution in [3.63, 3.8) is 0 Å². The molecule has 0 unspecified atom stereocenters. The van der Waals surface area contributed by atoms with Gasteiger partial charge in [-0.3, -0.25) is 9.78 Å². The SMILES string of the molecule is CNCC(=O)NCCNc1ccnc2cc(Cl)ccc12. The number of nitrogens with one attached hydrogen (secondary N) is 3. The number of anilines is 1. The molecule has 20 heavy (non-hydrogen) atoms. The van der Waals surface area contributed by atoms with E-state index in [4.69, 9.17) is 11.6 Å². The second kappa shape index (κ2) is 7.07. The first kappa shape index (κ1) is 14.6. The molecule has 0 aliphatic heterocycles. The third-order valence-electron chi connectivity index (χ3n) is 2.80. The van der Waals surface area contributed by atoms with E-state index < -0.39 is 0 Å². The Kier molecular flexibility index (Phi) is 5.15. The third-order valence-corrected chi connectivity index (χ3v) is 3.04. The van der Waals surface area contributed by atoms with Gasteiger partial charge in [0.05, 0.1) is 12.1 Å². The van der Waals surface area contributed by atoms with E-state index in [0.29, 0.717) is 24.7 Å². The monoisotopic (exact) mass is 292 g/mol. The molecule has 0 atom stereocenters. The van der Waals surface area contributed by atoms with Gasteiger partial charge in [0.25, 0.3) is 0 Å². The van der Waals surface area contributed by atoms with Crippen LogP contribution in [0.5, 0.6) is 0 Å². The van der Waals surface area contributed by atoms with Crippen molar-refractivity contribution in [3.05, 3.63) is 35.5 Å². The molecule has 0 saturated heterocycles. The predicted octanol–water partition coefficient (Wildman–Crippen LogP) is 1.64. The minimum atomic E-state index is -0.0133. The Morgan fingerprint density at radius 3 is 2.95 bits per heavy atom. The molecule has 2 rings (SSSR count). The molecule has 1 aromatic heterocycles. The normalized spacial score (nSPS) is 10.5. The molecule has 0 radical (unpaired) electrons. The number of likely N-dealkylation sites (N-methyl/N-ethyl adjacent to an activating group) is 1. The van der Waals surface area contributed by atoms with Crippen LogP contribution in [0.4, 0.5) is 5.69 Å². The highest BCUT2D eigenvalue weighted by molar-refractivity contribution is 6.31. The van der Waals surface area contributed by atoms with E-state index >= 15 is 0 Å². The summed E-state index contributed by atoms with van der Waals surface area (Å²) < 4.78 is 0. The second-order valence-corrected chi connectivity index (χ2v) is 4.76. The molecule has 1 aromatic carbocycles. The largest absolute Gasteiger partial charge is 0.383 e. The Hall–Kier alpha value is -1.85. The van der Waals surface area contributed by atoms with Crippen LogP contribution in [0.3, 0.4) is 0 Å². The minimum absolute atomic E-state index is 0.0133. The molecular formula is C14H17ClN4O. The minimum Gasteiger partial charge on any atom is -0.383 e. The van der Waals surface area contributed by atoms with E-state index in [0.717, 1.165) is 16.6 Å². The van der Waals surface area contributed by atoms with Crippen LogP contribution in [0.1, 0.15) is 0 Å². The second-order valence-electron chi connectivity index (χ2n) is 4.33. The number of amides is 1. The van der Waals surface area contributed by atoms with Crippen molar-refractivity contribution >= 4 is 34.1 Å². The molecule has 0 bridgehead atoms. The molecule has 0 saturated carbocycles. The van der Waals surface area contributed by atoms with E-state index in [1.807, 2.05) is 24.3 Å². The highest BCUT2D eigenvalue weighted by Crippen LogP contribution is 2.23. The van der Waals surface area contributed by atoms with Crippen molar-refractivity contribution in [1.82, 2.24) is 15.6 Å². The van der Waals surface area contributed by atoms with E-state index in [1.165, 1.54) is 0 Å². The molecule has 106 valence electrons. The Balaban J connectivity index is 1.95. The summed E-state index contributed by atoms with van der Waals surface area (Å²) in [5, 5.41) is 10.6. The zero-order valence-corrected chi connectivity index (χ0v) is 12.0. The summed E-state index contributed by atoms with van der Waals surface area (Å²) in [6.07, 6.45) is 1.74. The molecule has 6 heteroatoms. The maximum absolute atomic E-state index is 11.3. The van der Waals surface area contributed by atoms with E-state index in [1.54, 1.807) is 13.2 Å². The van der Waals surface area contributed by atoms with Gasteiger partial charge >= 0.3 is 0 Å². The van der Waals surface area contributed by atoms with E-state index in [-0.39, 0.29) is 5.91 Å². The number of rotatable bonds is 6. The number of benzene rings is 1. The standard InChI is InChI=1S/C14H17ClN4O/c1-16-9-14(20)19-7-6-18-12-4-5-17-13-8-10(15)2-3-11(12)13/h2-5,8,16H,6-7,9H2,1H3,(H,17,18)(H,19,20). The molecule has 0 fully saturated rings. The number of hydrogen-bond donors (Lipinski definition) is 3. The van der Waals surface area contributed by atoms with Crippen molar-refractivity contribution in [1.29, 1.82) is 0 Å². The molecule has 1 heterocycles. The summed E-state index contributed by atoms with van der Waals surface area (Å²) in [5.74, 6) is -0.0133. The molecule has 2 aromatic rings. The summed E-state index contributed by atoms with van der Waals surface area (Å²) in [4.78, 5) is 15.6. The Morgan fingerprint density at radius 1 is 1.30 bits per heavy atom. The fourth-order valence-corrected chi connectivity index (χ4v) is 2.06. The number of carbonyl (C=O) groups is 1. The Labute approximate surface area is 122 Å². The average Bonchev–Trinajstić information content (AvgIpc) is 2.43. The fourth-order valence-electron chi connectivity index (χ4n) is 1.90. The van der Waals surface area contributed by atoms with E-state index in [9.17, 15) is 4.79 Å². The predicted molar refractivity (Wildman–Crippen MR) is 82.2 cm³/mol. The number of aromatic nitrogens is 1. The lowest BCUT2D eigenvalue weighted by atomic mass is 10.2. The summed E-state index contributed by atoms with van der Waals surface area (Å²) in [5.41, 5.74) is 1.83. The number of hydrogen-bond acceptors (Lipinski definition) is 4. The smallest absolute Gasteiger partial charge is 0.234 e. The first-order valence-corrected chi connectivity index (χ1v) is 6.78. The number of halogens is 1. The van der Waals surface area contributed by atoms with Gasteiger partial charge in [-0.1, -0.05) is 11.6 Å². The topological polar surface area (TPSA) is 66.1 Å². The average molecular weight is 293 g/mol. The van der Waals surface area contributed by atoms with Crippen molar-refractivity contribution < 1.29 is 4.79 Å². The van der Waals surface area contributed by atoms with Crippen molar-refractivity contribution in [2.24, 2.45) is 0 Å². The van der Waals surface area contributed by atoms with Crippen molar-refractivity contribution in [3.8, 4) is 0 Å². The number of pyridine rings is 1. The highest BCUT2D eigenvalue weighted by atomic mass is 35.5. The number of carbonyl (C=O) groups excluding carboxylic acids is 1. The molecule has 5 nitrogen and oxygen atoms in total. The van der Waals surface area contributed by atoms with Gasteiger partial charge in [0, 0.05) is 35.4 Å². The quantitative estimate of drug-likeness (QED) is 0.708. The van der Waals surface area contributed by atoms with Crippen molar-refractivity contribution in [2.45, 2.75) is 0 Å². The first-order valence-electron chi connectivity index (χ1n) is 6.40. The van der Waals surface area contributed by atoms with Crippen LogP contribution in [0.25, 0.3) is 10.9 Å². The van der Waals surface area contributed by atoms with Crippen LogP contribution >= 0.6 is 11.6 Å². The number of nitrogens with zero attached hydrogens (tertiary/aromatic N) is 1. The van der Waals surface area contributed by atoms with Gasteiger partial charge < -0.3 is 16.0 Å². The maximum atomic E-state index is 11.3. The molecular weight excluding hydrogens is 276 g/mol. The van der Waals surface area contributed by atoms with Crippen LogP contribution in [-0.2, 0) is 4.79 Å². The lowest BCUT2D eigenvalue weighted by Crippen LogP contribution is -2.35. The number of fused-ring (bicyclic) bond motifs is 1. The van der Waals surface area contributed by atoms with Gasteiger partial charge in [0.1, 0.15) is 0 Å². The van der Waals surface area contributed by atoms with Gasteiger partial charge in [-0.2, -0.15) is 0 Å². The lowest BCUT2D eigenvalue weighted by Gasteiger charge is -2.10. The molecule has 0 aliphatic rings. The zero-order chi connectivity index (χ0) is 14.4. The molecule has 3 N–H and O–H groups in total. The van der Waals surface area contributed by atoms with Gasteiger partial charge in [-0.25, -0.2) is 0 Å². The molecule has 0 aliphatic carbocycles. The van der Waals surface area contributed by atoms with Gasteiger partial charge in [-0.05, 0) is 31.3 Å². The van der Waals surface area contributed by atoms with Crippen LogP contribution < -0.4 is 16.0 Å². The van der Waals surface area contributed by atoms with Crippen LogP contribution in [0, 0.1) is 0 Å². The van der Waals surface area contributed by atoms with Crippen LogP contribution in [-0.4, -0.2) is 37.6 Å². The molecule has 1 amide bonds. The van der Waals surface area contributed by atoms with Crippen LogP contribution in [0.2, 0.25) is 5.02 Å². The van der Waals surface area contributed by atoms with Gasteiger partial charge in [0.15, 0.2) is 0 Å². The Bertz CT molecular complexity index is 603. The molecule has 0 spiro atoms. The fraction of sp³-hybridized carbons (Fsp3) is 0.286. The maximum Gasteiger partial charge on any atom is 0.234 e.